The molecule has 0 radical (unpaired) electrons. The van der Waals surface area contributed by atoms with E-state index < -0.39 is 23.7 Å². The van der Waals surface area contributed by atoms with Crippen molar-refractivity contribution in [3.63, 3.8) is 0 Å². The molecule has 2 aliphatic rings. The number of aromatic hydroxyl groups is 3. The van der Waals surface area contributed by atoms with E-state index in [2.05, 4.69) is 0 Å². The summed E-state index contributed by atoms with van der Waals surface area (Å²) in [5, 5.41) is 46.9. The minimum absolute atomic E-state index is 0.00775. The Kier molecular flexibility index (Phi) is 9.95. The van der Waals surface area contributed by atoms with Gasteiger partial charge in [0.05, 0.1) is 5.56 Å². The number of nitrogens with zero attached hydrogens (tertiary/aromatic N) is 1. The molecule has 2 aliphatic heterocycles. The van der Waals surface area contributed by atoms with E-state index in [1.54, 1.807) is 12.1 Å². The molecule has 4 aromatic carbocycles. The van der Waals surface area contributed by atoms with Crippen LogP contribution in [0.25, 0.3) is 22.1 Å². The Labute approximate surface area is 269 Å². The molecule has 0 fully saturated rings. The van der Waals surface area contributed by atoms with E-state index in [4.69, 9.17) is 24.7 Å². The number of nitrogens with two attached hydrogens (primary N) is 1. The van der Waals surface area contributed by atoms with Crippen molar-refractivity contribution < 1.29 is 44.2 Å². The maximum Gasteiger partial charge on any atom is 0.320 e. The van der Waals surface area contributed by atoms with Crippen molar-refractivity contribution in [1.29, 1.82) is 0 Å². The molecule has 3 heterocycles. The molecular weight excluding hydrogens is 608 g/mol. The Morgan fingerprint density at radius 3 is 2.32 bits per heavy atom. The summed E-state index contributed by atoms with van der Waals surface area (Å²) in [6.07, 6.45) is 2.06. The van der Waals surface area contributed by atoms with Crippen LogP contribution in [0.2, 0.25) is 0 Å². The average Bonchev–Trinajstić information content (AvgIpc) is 3.51. The molecule has 0 bridgehead atoms. The van der Waals surface area contributed by atoms with E-state index in [0.29, 0.717) is 12.0 Å². The average molecular weight is 643 g/mol. The van der Waals surface area contributed by atoms with Gasteiger partial charge in [0, 0.05) is 24.2 Å². The first kappa shape index (κ1) is 32.8. The molecule has 244 valence electrons. The first-order chi connectivity index (χ1) is 22.5. The molecule has 2 atom stereocenters. The summed E-state index contributed by atoms with van der Waals surface area (Å²) in [6.45, 7) is 1.15. The highest BCUT2D eigenvalue weighted by Crippen LogP contribution is 2.39. The zero-order chi connectivity index (χ0) is 33.7. The Bertz CT molecular complexity index is 1930. The van der Waals surface area contributed by atoms with Crippen LogP contribution in [0.1, 0.15) is 22.9 Å². The molecule has 12 heteroatoms. The highest BCUT2D eigenvalue weighted by Gasteiger charge is 2.26. The Morgan fingerprint density at radius 1 is 0.957 bits per heavy atom. The van der Waals surface area contributed by atoms with Crippen molar-refractivity contribution in [3.05, 3.63) is 112 Å². The maximum absolute atomic E-state index is 12.4. The highest BCUT2D eigenvalue weighted by molar-refractivity contribution is 5.88. The standard InChI is InChI=1S/C15H10O5.C11H13NO3.C9H11NO2/c16-9-3-1-8(2-4-9)11-7-20-13-6-10(17)5-12(18)14(13)15(11)19;1-12-3-2-7-4-9-10(15-6-14-9)5-8(7)11(12)13;10-8(9(11)12)6-7-4-2-1-3-5-7/h1-7,16-18H;4-5,11,13H,2-3,6H2,1H3;1-5,8H,6,10H2,(H,11,12). The lowest BCUT2D eigenvalue weighted by atomic mass is 9.98. The van der Waals surface area contributed by atoms with Gasteiger partial charge in [0.25, 0.3) is 0 Å². The Balaban J connectivity index is 0.000000144. The molecule has 0 saturated heterocycles. The molecule has 5 aromatic rings. The van der Waals surface area contributed by atoms with Gasteiger partial charge in [-0.05, 0) is 60.8 Å². The van der Waals surface area contributed by atoms with Crippen molar-refractivity contribution in [2.24, 2.45) is 5.73 Å². The SMILES string of the molecule is CN1CCc2cc3c(cc2C1O)OCO3.NC(Cc1ccccc1)C(=O)O.O=c1c(-c2ccc(O)cc2)coc2cc(O)cc(O)c12. The van der Waals surface area contributed by atoms with E-state index in [-0.39, 0.29) is 40.6 Å². The van der Waals surface area contributed by atoms with Crippen LogP contribution in [0.15, 0.2) is 94.3 Å². The highest BCUT2D eigenvalue weighted by atomic mass is 16.7. The summed E-state index contributed by atoms with van der Waals surface area (Å²) < 4.78 is 15.9. The molecule has 12 nitrogen and oxygen atoms in total. The number of benzene rings is 4. The van der Waals surface area contributed by atoms with Gasteiger partial charge in [-0.3, -0.25) is 14.5 Å². The number of carboxylic acid groups (broad SMARTS) is 1. The van der Waals surface area contributed by atoms with Crippen LogP contribution in [-0.2, 0) is 17.6 Å². The fourth-order valence-electron chi connectivity index (χ4n) is 5.13. The van der Waals surface area contributed by atoms with Gasteiger partial charge in [-0.1, -0.05) is 42.5 Å². The molecule has 0 spiro atoms. The second kappa shape index (κ2) is 14.3. The first-order valence-corrected chi connectivity index (χ1v) is 14.6. The van der Waals surface area contributed by atoms with E-state index in [0.717, 1.165) is 47.2 Å². The third-order valence-corrected chi connectivity index (χ3v) is 7.70. The minimum Gasteiger partial charge on any atom is -0.508 e. The number of fused-ring (bicyclic) bond motifs is 3. The number of ether oxygens (including phenoxy) is 2. The van der Waals surface area contributed by atoms with Gasteiger partial charge in [-0.2, -0.15) is 0 Å². The van der Waals surface area contributed by atoms with Crippen molar-refractivity contribution in [3.8, 4) is 39.9 Å². The molecule has 7 rings (SSSR count). The number of phenolic OH excluding ortho intramolecular Hbond substituents is 3. The number of carboxylic acids is 1. The third-order valence-electron chi connectivity index (χ3n) is 7.70. The third kappa shape index (κ3) is 7.64. The number of likely N-dealkylation sites (N-methyl/N-ethyl adjacent to an activating group) is 1. The Hall–Kier alpha value is -5.56. The number of hydrogen-bond donors (Lipinski definition) is 6. The second-order valence-electron chi connectivity index (χ2n) is 11.0. The number of aliphatic hydroxyl groups excluding tert-OH is 1. The number of rotatable bonds is 4. The van der Waals surface area contributed by atoms with Crippen LogP contribution in [0, 0.1) is 0 Å². The summed E-state index contributed by atoms with van der Waals surface area (Å²) in [4.78, 5) is 24.7. The van der Waals surface area contributed by atoms with Gasteiger partial charge in [-0.25, -0.2) is 0 Å². The van der Waals surface area contributed by atoms with Gasteiger partial charge in [-0.15, -0.1) is 0 Å². The van der Waals surface area contributed by atoms with Crippen LogP contribution in [-0.4, -0.2) is 62.8 Å². The largest absolute Gasteiger partial charge is 0.508 e. The smallest absolute Gasteiger partial charge is 0.320 e. The van der Waals surface area contributed by atoms with Crippen LogP contribution in [0.4, 0.5) is 0 Å². The molecule has 2 unspecified atom stereocenters. The zero-order valence-electron chi connectivity index (χ0n) is 25.4. The first-order valence-electron chi connectivity index (χ1n) is 14.6. The molecule has 0 amide bonds. The van der Waals surface area contributed by atoms with Crippen molar-refractivity contribution in [2.45, 2.75) is 25.1 Å². The van der Waals surface area contributed by atoms with E-state index in [9.17, 15) is 30.0 Å². The van der Waals surface area contributed by atoms with Crippen molar-refractivity contribution >= 4 is 16.9 Å². The fourth-order valence-corrected chi connectivity index (χ4v) is 5.13. The Morgan fingerprint density at radius 2 is 1.64 bits per heavy atom. The van der Waals surface area contributed by atoms with Gasteiger partial charge >= 0.3 is 5.97 Å². The minimum atomic E-state index is -0.959. The molecule has 7 N–H and O–H groups in total. The van der Waals surface area contributed by atoms with Crippen molar-refractivity contribution in [1.82, 2.24) is 4.90 Å². The van der Waals surface area contributed by atoms with Crippen LogP contribution >= 0.6 is 0 Å². The number of aliphatic hydroxyl groups is 1. The second-order valence-corrected chi connectivity index (χ2v) is 11.0. The normalized spacial score (nSPS) is 15.4. The number of hydrogen-bond acceptors (Lipinski definition) is 11. The summed E-state index contributed by atoms with van der Waals surface area (Å²) in [7, 11) is 1.91. The maximum atomic E-state index is 12.4. The molecule has 0 aliphatic carbocycles. The van der Waals surface area contributed by atoms with E-state index >= 15 is 0 Å². The fraction of sp³-hybridized carbons (Fsp3) is 0.200. The summed E-state index contributed by atoms with van der Waals surface area (Å²) in [5.74, 6) is 0.143. The van der Waals surface area contributed by atoms with Gasteiger partial charge in [0.1, 0.15) is 46.8 Å². The van der Waals surface area contributed by atoms with Crippen molar-refractivity contribution in [2.75, 3.05) is 20.4 Å². The quantitative estimate of drug-likeness (QED) is 0.164. The lowest BCUT2D eigenvalue weighted by Crippen LogP contribution is -2.32. The van der Waals surface area contributed by atoms with Crippen LogP contribution in [0.5, 0.6) is 28.7 Å². The molecular formula is C35H34N2O10. The summed E-state index contributed by atoms with van der Waals surface area (Å²) in [5.41, 5.74) is 8.92. The predicted molar refractivity (Wildman–Crippen MR) is 173 cm³/mol. The summed E-state index contributed by atoms with van der Waals surface area (Å²) in [6, 6.07) is 20.8. The molecule has 47 heavy (non-hydrogen) atoms. The summed E-state index contributed by atoms with van der Waals surface area (Å²) >= 11 is 0. The topological polar surface area (TPSA) is 196 Å². The lowest BCUT2D eigenvalue weighted by molar-refractivity contribution is -0.138. The van der Waals surface area contributed by atoms with Gasteiger partial charge < -0.3 is 45.2 Å². The zero-order valence-corrected chi connectivity index (χ0v) is 25.4. The number of phenols is 3. The van der Waals surface area contributed by atoms with Gasteiger partial charge in [0.2, 0.25) is 12.2 Å². The molecule has 0 saturated carbocycles. The number of carbonyl (C=O) groups is 1. The predicted octanol–water partition coefficient (Wildman–Crippen LogP) is 4.11. The van der Waals surface area contributed by atoms with Gasteiger partial charge in [0.15, 0.2) is 11.5 Å². The molecule has 1 aromatic heterocycles. The van der Waals surface area contributed by atoms with Crippen LogP contribution < -0.4 is 20.6 Å². The van der Waals surface area contributed by atoms with E-state index in [1.807, 2.05) is 54.4 Å². The van der Waals surface area contributed by atoms with E-state index in [1.165, 1.54) is 24.5 Å². The number of aliphatic carboxylic acids is 1. The lowest BCUT2D eigenvalue weighted by Gasteiger charge is -2.30. The van der Waals surface area contributed by atoms with Crippen LogP contribution in [0.3, 0.4) is 0 Å². The monoisotopic (exact) mass is 642 g/mol.